The van der Waals surface area contributed by atoms with Gasteiger partial charge in [-0.1, -0.05) is 12.1 Å². The third-order valence-corrected chi connectivity index (χ3v) is 4.43. The molecule has 0 radical (unpaired) electrons. The molecule has 0 aromatic heterocycles. The van der Waals surface area contributed by atoms with Crippen molar-refractivity contribution in [2.75, 3.05) is 7.11 Å². The molecule has 0 heterocycles. The van der Waals surface area contributed by atoms with Gasteiger partial charge in [0.25, 0.3) is 0 Å². The van der Waals surface area contributed by atoms with Crippen molar-refractivity contribution in [3.63, 3.8) is 0 Å². The van der Waals surface area contributed by atoms with E-state index >= 15 is 0 Å². The Bertz CT molecular complexity index is 639. The van der Waals surface area contributed by atoms with Crippen molar-refractivity contribution in [3.05, 3.63) is 35.4 Å². The zero-order valence-electron chi connectivity index (χ0n) is 15.3. The van der Waals surface area contributed by atoms with E-state index in [1.165, 1.54) is 7.11 Å². The molecule has 1 aromatic rings. The summed E-state index contributed by atoms with van der Waals surface area (Å²) in [6.45, 7) is 5.50. The highest BCUT2D eigenvalue weighted by atomic mass is 16.6. The first-order valence-corrected chi connectivity index (χ1v) is 8.64. The summed E-state index contributed by atoms with van der Waals surface area (Å²) in [4.78, 5) is 35.7. The van der Waals surface area contributed by atoms with Crippen LogP contribution in [0.5, 0.6) is 0 Å². The Kier molecular flexibility index (Phi) is 5.98. The summed E-state index contributed by atoms with van der Waals surface area (Å²) >= 11 is 0. The highest BCUT2D eigenvalue weighted by Crippen LogP contribution is 2.33. The smallest absolute Gasteiger partial charge is 0.338 e. The van der Waals surface area contributed by atoms with Gasteiger partial charge in [-0.05, 0) is 63.6 Å². The van der Waals surface area contributed by atoms with E-state index in [0.717, 1.165) is 24.8 Å². The number of hydrogen-bond acceptors (Lipinski definition) is 5. The van der Waals surface area contributed by atoms with Crippen LogP contribution in [0.1, 0.15) is 56.0 Å². The molecule has 2 atom stereocenters. The van der Waals surface area contributed by atoms with Gasteiger partial charge in [0, 0.05) is 6.42 Å². The molecule has 0 bridgehead atoms. The maximum Gasteiger partial charge on any atom is 0.338 e. The molecule has 5 heteroatoms. The number of ether oxygens (including phenoxy) is 2. The molecular weight excluding hydrogens is 320 g/mol. The van der Waals surface area contributed by atoms with Crippen LogP contribution in [0.2, 0.25) is 0 Å². The summed E-state index contributed by atoms with van der Waals surface area (Å²) in [7, 11) is 1.32. The van der Waals surface area contributed by atoms with Crippen LogP contribution < -0.4 is 0 Å². The summed E-state index contributed by atoms with van der Waals surface area (Å²) in [5.41, 5.74) is 1.06. The van der Waals surface area contributed by atoms with Crippen LogP contribution >= 0.6 is 0 Å². The maximum atomic E-state index is 12.0. The summed E-state index contributed by atoms with van der Waals surface area (Å²) in [6.07, 6.45) is 2.67. The fraction of sp³-hybridized carbons (Fsp3) is 0.550. The van der Waals surface area contributed by atoms with Gasteiger partial charge < -0.3 is 9.47 Å². The number of benzene rings is 1. The molecule has 2 unspecified atom stereocenters. The van der Waals surface area contributed by atoms with Gasteiger partial charge in [-0.15, -0.1) is 0 Å². The molecule has 1 aliphatic carbocycles. The summed E-state index contributed by atoms with van der Waals surface area (Å²) < 4.78 is 10.1. The Hall–Kier alpha value is -2.17. The van der Waals surface area contributed by atoms with Gasteiger partial charge >= 0.3 is 11.9 Å². The Morgan fingerprint density at radius 3 is 2.36 bits per heavy atom. The lowest BCUT2D eigenvalue weighted by Crippen LogP contribution is -2.26. The lowest BCUT2D eigenvalue weighted by Gasteiger charge is -2.19. The molecule has 0 spiro atoms. The molecule has 0 N–H and O–H groups in total. The van der Waals surface area contributed by atoms with E-state index in [1.54, 1.807) is 12.1 Å². The van der Waals surface area contributed by atoms with E-state index in [1.807, 2.05) is 32.9 Å². The van der Waals surface area contributed by atoms with Gasteiger partial charge in [0.15, 0.2) is 0 Å². The second-order valence-corrected chi connectivity index (χ2v) is 7.50. The normalized spacial score (nSPS) is 20.4. The number of ketones is 1. The van der Waals surface area contributed by atoms with Gasteiger partial charge in [-0.25, -0.2) is 4.79 Å². The lowest BCUT2D eigenvalue weighted by atomic mass is 9.89. The van der Waals surface area contributed by atoms with Gasteiger partial charge in [0.1, 0.15) is 17.3 Å². The van der Waals surface area contributed by atoms with Crippen molar-refractivity contribution in [2.45, 2.75) is 52.1 Å². The molecule has 1 fully saturated rings. The monoisotopic (exact) mass is 346 g/mol. The van der Waals surface area contributed by atoms with E-state index in [9.17, 15) is 14.4 Å². The average molecular weight is 346 g/mol. The van der Waals surface area contributed by atoms with Gasteiger partial charge in [0.2, 0.25) is 0 Å². The van der Waals surface area contributed by atoms with E-state index in [2.05, 4.69) is 0 Å². The van der Waals surface area contributed by atoms with Crippen LogP contribution in [-0.4, -0.2) is 30.4 Å². The molecule has 2 rings (SSSR count). The molecule has 0 aliphatic heterocycles. The predicted molar refractivity (Wildman–Crippen MR) is 93.2 cm³/mol. The quantitative estimate of drug-likeness (QED) is 0.604. The second-order valence-electron chi connectivity index (χ2n) is 7.50. The SMILES string of the molecule is COC(=O)C1C(=O)CCC1CCc1ccc(C(=O)OC(C)(C)C)cc1. The molecule has 0 saturated heterocycles. The number of Topliss-reactive ketones (excluding diaryl/α,β-unsaturated/α-hetero) is 1. The summed E-state index contributed by atoms with van der Waals surface area (Å²) in [6, 6.07) is 7.29. The molecule has 0 amide bonds. The zero-order valence-corrected chi connectivity index (χ0v) is 15.3. The van der Waals surface area contributed by atoms with Crippen LogP contribution in [0.3, 0.4) is 0 Å². The molecular formula is C20H26O5. The number of aryl methyl sites for hydroxylation is 1. The van der Waals surface area contributed by atoms with Gasteiger partial charge in [0.05, 0.1) is 12.7 Å². The Labute approximate surface area is 148 Å². The number of hydrogen-bond donors (Lipinski definition) is 0. The molecule has 1 saturated carbocycles. The van der Waals surface area contributed by atoms with Gasteiger partial charge in [-0.3, -0.25) is 9.59 Å². The summed E-state index contributed by atoms with van der Waals surface area (Å²) in [5.74, 6) is -1.37. The van der Waals surface area contributed by atoms with Crippen LogP contribution in [-0.2, 0) is 25.5 Å². The fourth-order valence-electron chi connectivity index (χ4n) is 3.17. The van der Waals surface area contributed by atoms with Crippen molar-refractivity contribution in [1.82, 2.24) is 0 Å². The highest BCUT2D eigenvalue weighted by Gasteiger charge is 2.40. The van der Waals surface area contributed by atoms with Crippen molar-refractivity contribution < 1.29 is 23.9 Å². The fourth-order valence-corrected chi connectivity index (χ4v) is 3.17. The Morgan fingerprint density at radius 1 is 1.16 bits per heavy atom. The lowest BCUT2D eigenvalue weighted by molar-refractivity contribution is -0.149. The van der Waals surface area contributed by atoms with Crippen molar-refractivity contribution in [1.29, 1.82) is 0 Å². The van der Waals surface area contributed by atoms with Crippen LogP contribution in [0, 0.1) is 11.8 Å². The number of carbonyl (C=O) groups excluding carboxylic acids is 3. The second kappa shape index (κ2) is 7.81. The van der Waals surface area contributed by atoms with E-state index < -0.39 is 17.5 Å². The van der Waals surface area contributed by atoms with E-state index in [0.29, 0.717) is 12.0 Å². The minimum Gasteiger partial charge on any atom is -0.468 e. The third kappa shape index (κ3) is 5.15. The number of methoxy groups -OCH3 is 1. The van der Waals surface area contributed by atoms with E-state index in [4.69, 9.17) is 9.47 Å². The summed E-state index contributed by atoms with van der Waals surface area (Å²) in [5, 5.41) is 0. The minimum absolute atomic E-state index is 0.0166. The molecule has 136 valence electrons. The molecule has 25 heavy (non-hydrogen) atoms. The van der Waals surface area contributed by atoms with E-state index in [-0.39, 0.29) is 17.7 Å². The van der Waals surface area contributed by atoms with Crippen LogP contribution in [0.4, 0.5) is 0 Å². The van der Waals surface area contributed by atoms with Crippen LogP contribution in [0.15, 0.2) is 24.3 Å². The first-order chi connectivity index (χ1) is 11.7. The first kappa shape index (κ1) is 19.2. The standard InChI is InChI=1S/C20H26O5/c1-20(2,3)25-18(22)15-9-6-13(7-10-15)5-8-14-11-12-16(21)17(14)19(23)24-4/h6-7,9-10,14,17H,5,8,11-12H2,1-4H3. The van der Waals surface area contributed by atoms with Crippen LogP contribution in [0.25, 0.3) is 0 Å². The Morgan fingerprint density at radius 2 is 1.80 bits per heavy atom. The van der Waals surface area contributed by atoms with Crippen molar-refractivity contribution >= 4 is 17.7 Å². The highest BCUT2D eigenvalue weighted by molar-refractivity contribution is 6.00. The number of rotatable bonds is 5. The number of carbonyl (C=O) groups is 3. The topological polar surface area (TPSA) is 69.7 Å². The Balaban J connectivity index is 1.94. The minimum atomic E-state index is -0.619. The maximum absolute atomic E-state index is 12.0. The molecule has 5 nitrogen and oxygen atoms in total. The number of esters is 2. The van der Waals surface area contributed by atoms with Crippen molar-refractivity contribution in [3.8, 4) is 0 Å². The zero-order chi connectivity index (χ0) is 18.6. The third-order valence-electron chi connectivity index (χ3n) is 4.43. The average Bonchev–Trinajstić information content (AvgIpc) is 2.92. The molecule has 1 aliphatic rings. The predicted octanol–water partition coefficient (Wildman–Crippen LogP) is 3.34. The van der Waals surface area contributed by atoms with Crippen molar-refractivity contribution in [2.24, 2.45) is 11.8 Å². The largest absolute Gasteiger partial charge is 0.468 e. The van der Waals surface area contributed by atoms with Gasteiger partial charge in [-0.2, -0.15) is 0 Å². The molecule has 1 aromatic carbocycles. The first-order valence-electron chi connectivity index (χ1n) is 8.64.